The van der Waals surface area contributed by atoms with Crippen LogP contribution in [0.25, 0.3) is 0 Å². The van der Waals surface area contributed by atoms with Gasteiger partial charge in [-0.2, -0.15) is 0 Å². The van der Waals surface area contributed by atoms with Gasteiger partial charge in [-0.25, -0.2) is 4.99 Å². The molecule has 0 spiro atoms. The Morgan fingerprint density at radius 2 is 2.00 bits per heavy atom. The van der Waals surface area contributed by atoms with Gasteiger partial charge in [0.25, 0.3) is 0 Å². The van der Waals surface area contributed by atoms with Crippen molar-refractivity contribution in [3.8, 4) is 0 Å². The Hall–Kier alpha value is -1.62. The monoisotopic (exact) mass is 504 g/mol. The Bertz CT molecular complexity index is 770. The van der Waals surface area contributed by atoms with Gasteiger partial charge in [0, 0.05) is 52.2 Å². The second-order valence-electron chi connectivity index (χ2n) is 6.19. The van der Waals surface area contributed by atoms with Gasteiger partial charge in [0.05, 0.1) is 10.7 Å². The SMILES string of the molecule is CCNC(=NCc1nnc(C)n1C)N1CCN(c2ccncc2Cl)CC1.I. The number of rotatable bonds is 4. The highest BCUT2D eigenvalue weighted by Crippen LogP contribution is 2.25. The molecule has 1 aliphatic rings. The van der Waals surface area contributed by atoms with Crippen molar-refractivity contribution in [1.82, 2.24) is 30.0 Å². The van der Waals surface area contributed by atoms with Crippen molar-refractivity contribution >= 4 is 47.2 Å². The molecule has 2 aromatic rings. The number of nitrogens with zero attached hydrogens (tertiary/aromatic N) is 7. The molecule has 3 heterocycles. The number of aromatic nitrogens is 4. The summed E-state index contributed by atoms with van der Waals surface area (Å²) in [6, 6.07) is 1.97. The molecule has 148 valence electrons. The first-order valence-electron chi connectivity index (χ1n) is 8.82. The van der Waals surface area contributed by atoms with Gasteiger partial charge < -0.3 is 19.7 Å². The number of pyridine rings is 1. The van der Waals surface area contributed by atoms with E-state index in [1.807, 2.05) is 24.6 Å². The van der Waals surface area contributed by atoms with Crippen molar-refractivity contribution in [3.05, 3.63) is 35.1 Å². The number of hydrogen-bond acceptors (Lipinski definition) is 5. The number of guanidine groups is 1. The zero-order chi connectivity index (χ0) is 18.5. The first-order valence-corrected chi connectivity index (χ1v) is 9.20. The van der Waals surface area contributed by atoms with Crippen LogP contribution < -0.4 is 10.2 Å². The molecule has 10 heteroatoms. The highest BCUT2D eigenvalue weighted by Gasteiger charge is 2.21. The van der Waals surface area contributed by atoms with Crippen LogP contribution in [-0.2, 0) is 13.6 Å². The summed E-state index contributed by atoms with van der Waals surface area (Å²) < 4.78 is 1.97. The van der Waals surface area contributed by atoms with Crippen molar-refractivity contribution in [3.63, 3.8) is 0 Å². The molecule has 0 atom stereocenters. The molecule has 0 unspecified atom stereocenters. The predicted octanol–water partition coefficient (Wildman–Crippen LogP) is 2.08. The fourth-order valence-corrected chi connectivity index (χ4v) is 3.18. The first-order chi connectivity index (χ1) is 12.6. The van der Waals surface area contributed by atoms with Gasteiger partial charge in [-0.1, -0.05) is 11.6 Å². The lowest BCUT2D eigenvalue weighted by molar-refractivity contribution is 0.372. The van der Waals surface area contributed by atoms with Crippen molar-refractivity contribution < 1.29 is 0 Å². The molecule has 1 aliphatic heterocycles. The van der Waals surface area contributed by atoms with E-state index in [9.17, 15) is 0 Å². The summed E-state index contributed by atoms with van der Waals surface area (Å²) in [7, 11) is 1.96. The van der Waals surface area contributed by atoms with Crippen LogP contribution in [0, 0.1) is 6.92 Å². The largest absolute Gasteiger partial charge is 0.367 e. The number of piperazine rings is 1. The van der Waals surface area contributed by atoms with Crippen LogP contribution >= 0.6 is 35.6 Å². The molecular formula is C17H26ClIN8. The van der Waals surface area contributed by atoms with Gasteiger partial charge >= 0.3 is 0 Å². The molecule has 0 amide bonds. The molecule has 1 N–H and O–H groups in total. The third kappa shape index (κ3) is 5.22. The highest BCUT2D eigenvalue weighted by atomic mass is 127. The Morgan fingerprint density at radius 1 is 1.26 bits per heavy atom. The zero-order valence-electron chi connectivity index (χ0n) is 15.9. The lowest BCUT2D eigenvalue weighted by Gasteiger charge is -2.38. The summed E-state index contributed by atoms with van der Waals surface area (Å²) in [5.74, 6) is 2.66. The number of aliphatic imine (C=N–C) groups is 1. The van der Waals surface area contributed by atoms with E-state index in [0.717, 1.165) is 56.0 Å². The number of nitrogens with one attached hydrogen (secondary N) is 1. The summed E-state index contributed by atoms with van der Waals surface area (Å²) in [5.41, 5.74) is 1.04. The second-order valence-corrected chi connectivity index (χ2v) is 6.60. The second kappa shape index (κ2) is 10.1. The van der Waals surface area contributed by atoms with E-state index in [0.29, 0.717) is 11.6 Å². The lowest BCUT2D eigenvalue weighted by atomic mass is 10.2. The van der Waals surface area contributed by atoms with Crippen molar-refractivity contribution in [2.75, 3.05) is 37.6 Å². The van der Waals surface area contributed by atoms with E-state index in [1.165, 1.54) is 0 Å². The molecule has 2 aromatic heterocycles. The molecule has 0 saturated carbocycles. The summed E-state index contributed by atoms with van der Waals surface area (Å²) in [6.07, 6.45) is 3.47. The van der Waals surface area contributed by atoms with Gasteiger partial charge in [0.1, 0.15) is 12.4 Å². The topological polar surface area (TPSA) is 74.5 Å². The molecule has 8 nitrogen and oxygen atoms in total. The Labute approximate surface area is 182 Å². The third-order valence-electron chi connectivity index (χ3n) is 4.56. The minimum atomic E-state index is 0. The Balaban J connectivity index is 0.00000261. The minimum Gasteiger partial charge on any atom is -0.367 e. The summed E-state index contributed by atoms with van der Waals surface area (Å²) in [5, 5.41) is 12.3. The van der Waals surface area contributed by atoms with E-state index in [-0.39, 0.29) is 24.0 Å². The minimum absolute atomic E-state index is 0. The molecule has 1 fully saturated rings. The summed E-state index contributed by atoms with van der Waals surface area (Å²) in [4.78, 5) is 13.4. The molecular weight excluding hydrogens is 479 g/mol. The van der Waals surface area contributed by atoms with Gasteiger partial charge in [-0.3, -0.25) is 4.98 Å². The molecule has 0 aromatic carbocycles. The Kier molecular flexibility index (Phi) is 8.08. The van der Waals surface area contributed by atoms with Gasteiger partial charge in [0.2, 0.25) is 0 Å². The number of halogens is 2. The van der Waals surface area contributed by atoms with E-state index in [4.69, 9.17) is 16.6 Å². The van der Waals surface area contributed by atoms with Gasteiger partial charge in [-0.15, -0.1) is 34.2 Å². The standard InChI is InChI=1S/C17H25ClN8.HI/c1-4-20-17(21-12-16-23-22-13(2)24(16)3)26-9-7-25(8-10-26)15-5-6-19-11-14(15)18;/h5-6,11H,4,7-10,12H2,1-3H3,(H,20,21);1H. The summed E-state index contributed by atoms with van der Waals surface area (Å²) in [6.45, 7) is 8.88. The summed E-state index contributed by atoms with van der Waals surface area (Å²) >= 11 is 6.27. The molecule has 0 aliphatic carbocycles. The van der Waals surface area contributed by atoms with Gasteiger partial charge in [-0.05, 0) is 19.9 Å². The average molecular weight is 505 g/mol. The van der Waals surface area contributed by atoms with Crippen LogP contribution in [0.3, 0.4) is 0 Å². The molecule has 0 radical (unpaired) electrons. The fourth-order valence-electron chi connectivity index (χ4n) is 2.94. The van der Waals surface area contributed by atoms with Crippen LogP contribution in [0.1, 0.15) is 18.6 Å². The normalized spacial score (nSPS) is 14.9. The fraction of sp³-hybridized carbons (Fsp3) is 0.529. The third-order valence-corrected chi connectivity index (χ3v) is 4.85. The van der Waals surface area contributed by atoms with Crippen LogP contribution in [0.2, 0.25) is 5.02 Å². The van der Waals surface area contributed by atoms with E-state index in [1.54, 1.807) is 12.4 Å². The zero-order valence-corrected chi connectivity index (χ0v) is 19.0. The van der Waals surface area contributed by atoms with Crippen LogP contribution in [0.15, 0.2) is 23.5 Å². The van der Waals surface area contributed by atoms with Crippen molar-refractivity contribution in [2.24, 2.45) is 12.0 Å². The molecule has 27 heavy (non-hydrogen) atoms. The Morgan fingerprint density at radius 3 is 2.59 bits per heavy atom. The van der Waals surface area contributed by atoms with Gasteiger partial charge in [0.15, 0.2) is 11.8 Å². The van der Waals surface area contributed by atoms with Crippen molar-refractivity contribution in [2.45, 2.75) is 20.4 Å². The van der Waals surface area contributed by atoms with Crippen LogP contribution in [-0.4, -0.2) is 63.3 Å². The number of hydrogen-bond donors (Lipinski definition) is 1. The maximum absolute atomic E-state index is 6.27. The highest BCUT2D eigenvalue weighted by molar-refractivity contribution is 14.0. The first kappa shape index (κ1) is 21.7. The molecule has 1 saturated heterocycles. The lowest BCUT2D eigenvalue weighted by Crippen LogP contribution is -2.52. The van der Waals surface area contributed by atoms with Crippen molar-refractivity contribution in [1.29, 1.82) is 0 Å². The van der Waals surface area contributed by atoms with E-state index < -0.39 is 0 Å². The maximum atomic E-state index is 6.27. The van der Waals surface area contributed by atoms with E-state index >= 15 is 0 Å². The smallest absolute Gasteiger partial charge is 0.194 e. The predicted molar refractivity (Wildman–Crippen MR) is 119 cm³/mol. The number of aryl methyl sites for hydroxylation is 1. The maximum Gasteiger partial charge on any atom is 0.194 e. The van der Waals surface area contributed by atoms with Crippen LogP contribution in [0.5, 0.6) is 0 Å². The van der Waals surface area contributed by atoms with E-state index in [2.05, 4.69) is 37.2 Å². The molecule has 0 bridgehead atoms. The quantitative estimate of drug-likeness (QED) is 0.390. The molecule has 3 rings (SSSR count). The van der Waals surface area contributed by atoms with Crippen LogP contribution in [0.4, 0.5) is 5.69 Å². The average Bonchev–Trinajstić information content (AvgIpc) is 2.98. The number of anilines is 1.